The van der Waals surface area contributed by atoms with E-state index in [1.807, 2.05) is 42.6 Å². The molecule has 0 bridgehead atoms. The van der Waals surface area contributed by atoms with E-state index in [4.69, 9.17) is 0 Å². The Labute approximate surface area is 121 Å². The van der Waals surface area contributed by atoms with Gasteiger partial charge in [0.25, 0.3) is 0 Å². The standard InChI is InChI=1S/C15H15N5O/c1-10(21)17-13-6-3-11(4-7-13)12-5-8-14-18-15(16-2)19-20(14)9-12/h3-9H,1-2H3,(H,16,19)(H,17,21). The van der Waals surface area contributed by atoms with Crippen LogP contribution in [-0.2, 0) is 4.79 Å². The largest absolute Gasteiger partial charge is 0.356 e. The van der Waals surface area contributed by atoms with Crippen LogP contribution in [0, 0.1) is 0 Å². The molecule has 3 aromatic rings. The summed E-state index contributed by atoms with van der Waals surface area (Å²) in [6, 6.07) is 11.6. The maximum Gasteiger partial charge on any atom is 0.242 e. The van der Waals surface area contributed by atoms with Crippen LogP contribution in [0.25, 0.3) is 16.8 Å². The third-order valence-electron chi connectivity index (χ3n) is 3.09. The lowest BCUT2D eigenvalue weighted by atomic mass is 10.1. The summed E-state index contributed by atoms with van der Waals surface area (Å²) in [5.74, 6) is 0.513. The number of anilines is 2. The van der Waals surface area contributed by atoms with Gasteiger partial charge < -0.3 is 10.6 Å². The van der Waals surface area contributed by atoms with Crippen LogP contribution in [-0.4, -0.2) is 27.6 Å². The van der Waals surface area contributed by atoms with E-state index < -0.39 is 0 Å². The predicted octanol–water partition coefficient (Wildman–Crippen LogP) is 2.40. The Hall–Kier alpha value is -2.89. The lowest BCUT2D eigenvalue weighted by Gasteiger charge is -2.05. The number of hydrogen-bond donors (Lipinski definition) is 2. The highest BCUT2D eigenvalue weighted by molar-refractivity contribution is 5.89. The van der Waals surface area contributed by atoms with Gasteiger partial charge >= 0.3 is 0 Å². The first-order valence-electron chi connectivity index (χ1n) is 6.58. The van der Waals surface area contributed by atoms with Crippen LogP contribution in [0.1, 0.15) is 6.92 Å². The van der Waals surface area contributed by atoms with E-state index in [1.165, 1.54) is 6.92 Å². The summed E-state index contributed by atoms with van der Waals surface area (Å²) in [5, 5.41) is 9.98. The minimum atomic E-state index is -0.0774. The second-order valence-electron chi connectivity index (χ2n) is 4.66. The van der Waals surface area contributed by atoms with Gasteiger partial charge in [-0.3, -0.25) is 4.79 Å². The van der Waals surface area contributed by atoms with Crippen molar-refractivity contribution in [1.29, 1.82) is 0 Å². The molecule has 0 atom stereocenters. The highest BCUT2D eigenvalue weighted by atomic mass is 16.1. The molecule has 0 saturated heterocycles. The van der Waals surface area contributed by atoms with Gasteiger partial charge in [-0.25, -0.2) is 4.52 Å². The first-order chi connectivity index (χ1) is 10.2. The molecule has 3 rings (SSSR count). The summed E-state index contributed by atoms with van der Waals surface area (Å²) < 4.78 is 1.74. The molecule has 0 aliphatic rings. The van der Waals surface area contributed by atoms with Crippen molar-refractivity contribution in [2.45, 2.75) is 6.92 Å². The average molecular weight is 281 g/mol. The summed E-state index contributed by atoms with van der Waals surface area (Å²) in [4.78, 5) is 15.3. The number of carbonyl (C=O) groups is 1. The maximum atomic E-state index is 11.0. The Morgan fingerprint density at radius 3 is 2.48 bits per heavy atom. The minimum Gasteiger partial charge on any atom is -0.356 e. The minimum absolute atomic E-state index is 0.0774. The molecule has 6 heteroatoms. The summed E-state index contributed by atoms with van der Waals surface area (Å²) in [6.07, 6.45) is 1.93. The van der Waals surface area contributed by atoms with Crippen molar-refractivity contribution in [3.63, 3.8) is 0 Å². The van der Waals surface area contributed by atoms with Crippen LogP contribution in [0.2, 0.25) is 0 Å². The quantitative estimate of drug-likeness (QED) is 0.773. The fourth-order valence-corrected chi connectivity index (χ4v) is 2.11. The molecular formula is C15H15N5O. The number of pyridine rings is 1. The van der Waals surface area contributed by atoms with Crippen molar-refractivity contribution in [1.82, 2.24) is 14.6 Å². The Morgan fingerprint density at radius 2 is 1.81 bits per heavy atom. The van der Waals surface area contributed by atoms with Crippen molar-refractivity contribution in [2.24, 2.45) is 0 Å². The number of fused-ring (bicyclic) bond motifs is 1. The molecule has 2 aromatic heterocycles. The Kier molecular flexibility index (Phi) is 3.27. The fourth-order valence-electron chi connectivity index (χ4n) is 2.11. The maximum absolute atomic E-state index is 11.0. The Balaban J connectivity index is 1.93. The zero-order valence-electron chi connectivity index (χ0n) is 11.8. The van der Waals surface area contributed by atoms with E-state index >= 15 is 0 Å². The molecule has 0 radical (unpaired) electrons. The van der Waals surface area contributed by atoms with Crippen LogP contribution in [0.3, 0.4) is 0 Å². The number of rotatable bonds is 3. The third-order valence-corrected chi connectivity index (χ3v) is 3.09. The number of hydrogen-bond acceptors (Lipinski definition) is 4. The molecular weight excluding hydrogens is 266 g/mol. The Bertz CT molecular complexity index is 791. The second-order valence-corrected chi connectivity index (χ2v) is 4.66. The van der Waals surface area contributed by atoms with Gasteiger partial charge in [0.1, 0.15) is 0 Å². The molecule has 21 heavy (non-hydrogen) atoms. The molecule has 2 heterocycles. The van der Waals surface area contributed by atoms with Gasteiger partial charge in [-0.2, -0.15) is 4.98 Å². The third kappa shape index (κ3) is 2.69. The van der Waals surface area contributed by atoms with E-state index in [0.29, 0.717) is 5.95 Å². The molecule has 1 amide bonds. The SMILES string of the molecule is CNc1nc2ccc(-c3ccc(NC(C)=O)cc3)cn2n1. The molecule has 0 fully saturated rings. The van der Waals surface area contributed by atoms with Crippen molar-refractivity contribution in [2.75, 3.05) is 17.7 Å². The van der Waals surface area contributed by atoms with Crippen molar-refractivity contribution in [3.8, 4) is 11.1 Å². The second kappa shape index (κ2) is 5.24. The smallest absolute Gasteiger partial charge is 0.242 e. The number of benzene rings is 1. The van der Waals surface area contributed by atoms with Crippen LogP contribution < -0.4 is 10.6 Å². The lowest BCUT2D eigenvalue weighted by molar-refractivity contribution is -0.114. The number of carbonyl (C=O) groups excluding carboxylic acids is 1. The number of aromatic nitrogens is 3. The van der Waals surface area contributed by atoms with Crippen molar-refractivity contribution in [3.05, 3.63) is 42.6 Å². The van der Waals surface area contributed by atoms with Crippen molar-refractivity contribution < 1.29 is 4.79 Å². The first kappa shape index (κ1) is 13.1. The van der Waals surface area contributed by atoms with Crippen LogP contribution in [0.4, 0.5) is 11.6 Å². The highest BCUT2D eigenvalue weighted by Gasteiger charge is 2.04. The predicted molar refractivity (Wildman–Crippen MR) is 82.3 cm³/mol. The number of nitrogens with one attached hydrogen (secondary N) is 2. The molecule has 0 saturated carbocycles. The van der Waals surface area contributed by atoms with E-state index in [-0.39, 0.29) is 5.91 Å². The monoisotopic (exact) mass is 281 g/mol. The van der Waals surface area contributed by atoms with Gasteiger partial charge in [0.15, 0.2) is 5.65 Å². The molecule has 1 aromatic carbocycles. The fraction of sp³-hybridized carbons (Fsp3) is 0.133. The number of amides is 1. The zero-order chi connectivity index (χ0) is 14.8. The van der Waals surface area contributed by atoms with Gasteiger partial charge in [0.05, 0.1) is 0 Å². The number of nitrogens with zero attached hydrogens (tertiary/aromatic N) is 3. The van der Waals surface area contributed by atoms with E-state index in [1.54, 1.807) is 11.6 Å². The van der Waals surface area contributed by atoms with Crippen LogP contribution in [0.15, 0.2) is 42.6 Å². The molecule has 0 unspecified atom stereocenters. The molecule has 0 aliphatic carbocycles. The molecule has 6 nitrogen and oxygen atoms in total. The van der Waals surface area contributed by atoms with E-state index in [9.17, 15) is 4.79 Å². The topological polar surface area (TPSA) is 71.3 Å². The van der Waals surface area contributed by atoms with Gasteiger partial charge in [0, 0.05) is 31.4 Å². The summed E-state index contributed by atoms with van der Waals surface area (Å²) in [5.41, 5.74) is 3.65. The lowest BCUT2D eigenvalue weighted by Crippen LogP contribution is -2.05. The highest BCUT2D eigenvalue weighted by Crippen LogP contribution is 2.22. The molecule has 106 valence electrons. The summed E-state index contributed by atoms with van der Waals surface area (Å²) in [6.45, 7) is 1.49. The summed E-state index contributed by atoms with van der Waals surface area (Å²) in [7, 11) is 1.79. The van der Waals surface area contributed by atoms with E-state index in [2.05, 4.69) is 20.7 Å². The Morgan fingerprint density at radius 1 is 1.10 bits per heavy atom. The van der Waals surface area contributed by atoms with Gasteiger partial charge in [-0.05, 0) is 29.8 Å². The summed E-state index contributed by atoms with van der Waals surface area (Å²) >= 11 is 0. The molecule has 2 N–H and O–H groups in total. The van der Waals surface area contributed by atoms with Crippen LogP contribution >= 0.6 is 0 Å². The zero-order valence-corrected chi connectivity index (χ0v) is 11.8. The van der Waals surface area contributed by atoms with Crippen LogP contribution in [0.5, 0.6) is 0 Å². The average Bonchev–Trinajstić information content (AvgIpc) is 2.89. The van der Waals surface area contributed by atoms with Gasteiger partial charge in [0.2, 0.25) is 11.9 Å². The van der Waals surface area contributed by atoms with Gasteiger partial charge in [-0.1, -0.05) is 12.1 Å². The normalized spacial score (nSPS) is 10.6. The van der Waals surface area contributed by atoms with E-state index in [0.717, 1.165) is 22.5 Å². The molecule has 0 spiro atoms. The molecule has 0 aliphatic heterocycles. The van der Waals surface area contributed by atoms with Crippen molar-refractivity contribution >= 4 is 23.2 Å². The van der Waals surface area contributed by atoms with Gasteiger partial charge in [-0.15, -0.1) is 5.10 Å². The first-order valence-corrected chi connectivity index (χ1v) is 6.58.